The molecule has 0 saturated carbocycles. The first-order valence-corrected chi connectivity index (χ1v) is 5.92. The molecule has 96 valence electrons. The fraction of sp³-hybridized carbons (Fsp3) is 0.769. The molecule has 1 saturated heterocycles. The van der Waals surface area contributed by atoms with Crippen LogP contribution < -0.4 is 0 Å². The smallest absolute Gasteiger partial charge is 0.236 e. The molecule has 0 spiro atoms. The number of Topliss-reactive ketones (excluding diaryl/α,β-unsaturated/α-hetero) is 1. The second-order valence-corrected chi connectivity index (χ2v) is 6.07. The molecule has 0 atom stereocenters. The van der Waals surface area contributed by atoms with Crippen molar-refractivity contribution < 1.29 is 14.4 Å². The van der Waals surface area contributed by atoms with E-state index in [1.165, 1.54) is 0 Å². The normalized spacial score (nSPS) is 22.4. The Kier molecular flexibility index (Phi) is 3.21. The van der Waals surface area contributed by atoms with E-state index in [0.717, 1.165) is 4.90 Å². The van der Waals surface area contributed by atoms with E-state index in [1.54, 1.807) is 41.5 Å². The van der Waals surface area contributed by atoms with Crippen LogP contribution in [0.2, 0.25) is 0 Å². The molecule has 4 heteroatoms. The maximum atomic E-state index is 12.2. The molecule has 0 radical (unpaired) electrons. The number of nitrogens with zero attached hydrogens (tertiary/aromatic N) is 1. The Bertz CT molecular complexity index is 354. The van der Waals surface area contributed by atoms with Gasteiger partial charge >= 0.3 is 0 Å². The average molecular weight is 239 g/mol. The van der Waals surface area contributed by atoms with Gasteiger partial charge in [0.1, 0.15) is 0 Å². The summed E-state index contributed by atoms with van der Waals surface area (Å²) < 4.78 is 0. The van der Waals surface area contributed by atoms with E-state index in [4.69, 9.17) is 0 Å². The van der Waals surface area contributed by atoms with Crippen molar-refractivity contribution in [2.75, 3.05) is 6.54 Å². The van der Waals surface area contributed by atoms with E-state index in [0.29, 0.717) is 0 Å². The van der Waals surface area contributed by atoms with Gasteiger partial charge in [-0.3, -0.25) is 19.3 Å². The molecule has 2 amide bonds. The monoisotopic (exact) mass is 239 g/mol. The quantitative estimate of drug-likeness (QED) is 0.703. The molecule has 1 heterocycles. The maximum Gasteiger partial charge on any atom is 0.236 e. The number of imide groups is 1. The first kappa shape index (κ1) is 13.9. The lowest BCUT2D eigenvalue weighted by Gasteiger charge is -2.28. The van der Waals surface area contributed by atoms with Crippen LogP contribution in [0.4, 0.5) is 0 Å². The summed E-state index contributed by atoms with van der Waals surface area (Å²) in [7, 11) is 0. The molecule has 0 aromatic carbocycles. The zero-order valence-corrected chi connectivity index (χ0v) is 11.5. The van der Waals surface area contributed by atoms with Crippen LogP contribution in [0.15, 0.2) is 0 Å². The van der Waals surface area contributed by atoms with Crippen molar-refractivity contribution in [3.05, 3.63) is 0 Å². The molecule has 0 aromatic rings. The molecule has 0 N–H and O–H groups in total. The summed E-state index contributed by atoms with van der Waals surface area (Å²) >= 11 is 0. The van der Waals surface area contributed by atoms with Gasteiger partial charge in [-0.2, -0.15) is 0 Å². The van der Waals surface area contributed by atoms with Crippen LogP contribution in [-0.2, 0) is 14.4 Å². The number of carbonyl (C=O) groups is 3. The van der Waals surface area contributed by atoms with Gasteiger partial charge in [0.2, 0.25) is 11.8 Å². The van der Waals surface area contributed by atoms with Gasteiger partial charge in [0.05, 0.1) is 17.4 Å². The predicted molar refractivity (Wildman–Crippen MR) is 64.1 cm³/mol. The Hall–Kier alpha value is -1.19. The molecule has 1 rings (SSSR count). The van der Waals surface area contributed by atoms with Crippen LogP contribution >= 0.6 is 0 Å². The molecule has 1 aliphatic heterocycles. The first-order valence-electron chi connectivity index (χ1n) is 5.92. The first-order chi connectivity index (χ1) is 7.53. The fourth-order valence-corrected chi connectivity index (χ4v) is 1.78. The van der Waals surface area contributed by atoms with Crippen LogP contribution in [0.1, 0.15) is 41.5 Å². The zero-order chi connectivity index (χ0) is 13.6. The number of rotatable bonds is 3. The van der Waals surface area contributed by atoms with Gasteiger partial charge in [0, 0.05) is 5.92 Å². The largest absolute Gasteiger partial charge is 0.297 e. The third kappa shape index (κ3) is 1.90. The van der Waals surface area contributed by atoms with Crippen LogP contribution in [-0.4, -0.2) is 29.0 Å². The lowest BCUT2D eigenvalue weighted by Crippen LogP contribution is -2.38. The Labute approximate surface area is 102 Å². The Morgan fingerprint density at radius 2 is 1.41 bits per heavy atom. The molecular formula is C13H21NO3. The van der Waals surface area contributed by atoms with E-state index in [2.05, 4.69) is 0 Å². The van der Waals surface area contributed by atoms with Gasteiger partial charge in [-0.15, -0.1) is 0 Å². The number of carbonyl (C=O) groups excluding carboxylic acids is 3. The lowest BCUT2D eigenvalue weighted by atomic mass is 9.70. The van der Waals surface area contributed by atoms with Crippen LogP contribution in [0.5, 0.6) is 0 Å². The van der Waals surface area contributed by atoms with Crippen molar-refractivity contribution in [2.45, 2.75) is 41.5 Å². The van der Waals surface area contributed by atoms with Crippen molar-refractivity contribution in [1.82, 2.24) is 4.90 Å². The molecule has 0 aromatic heterocycles. The summed E-state index contributed by atoms with van der Waals surface area (Å²) in [5.74, 6) is -0.745. The summed E-state index contributed by atoms with van der Waals surface area (Å²) in [5, 5.41) is 0. The number of ketones is 1. The SMILES string of the molecule is CC(C)C(=O)CN1C(=O)C(C)(C)C(C)(C)C1=O. The molecular weight excluding hydrogens is 218 g/mol. The third-order valence-electron chi connectivity index (χ3n) is 4.08. The van der Waals surface area contributed by atoms with E-state index in [-0.39, 0.29) is 30.1 Å². The van der Waals surface area contributed by atoms with Crippen LogP contribution in [0.25, 0.3) is 0 Å². The minimum absolute atomic E-state index is 0.0831. The van der Waals surface area contributed by atoms with Crippen LogP contribution in [0.3, 0.4) is 0 Å². The fourth-order valence-electron chi connectivity index (χ4n) is 1.78. The third-order valence-corrected chi connectivity index (χ3v) is 4.08. The van der Waals surface area contributed by atoms with Crippen molar-refractivity contribution in [3.63, 3.8) is 0 Å². The van der Waals surface area contributed by atoms with Gasteiger partial charge in [-0.05, 0) is 27.7 Å². The van der Waals surface area contributed by atoms with Crippen molar-refractivity contribution in [1.29, 1.82) is 0 Å². The average Bonchev–Trinajstić information content (AvgIpc) is 2.31. The molecule has 1 fully saturated rings. The molecule has 17 heavy (non-hydrogen) atoms. The highest BCUT2D eigenvalue weighted by Crippen LogP contribution is 2.47. The zero-order valence-electron chi connectivity index (χ0n) is 11.5. The standard InChI is InChI=1S/C13H21NO3/c1-8(2)9(15)7-14-10(16)12(3,4)13(5,6)11(14)17/h8H,7H2,1-6H3. The van der Waals surface area contributed by atoms with Gasteiger partial charge in [0.15, 0.2) is 5.78 Å². The highest BCUT2D eigenvalue weighted by atomic mass is 16.2. The summed E-state index contributed by atoms with van der Waals surface area (Å²) in [4.78, 5) is 37.1. The topological polar surface area (TPSA) is 54.5 Å². The van der Waals surface area contributed by atoms with E-state index in [1.807, 2.05) is 0 Å². The number of amides is 2. The minimum atomic E-state index is -0.749. The van der Waals surface area contributed by atoms with Gasteiger partial charge in [-0.25, -0.2) is 0 Å². The molecule has 0 aliphatic carbocycles. The number of hydrogen-bond acceptors (Lipinski definition) is 3. The summed E-state index contributed by atoms with van der Waals surface area (Å²) in [6.07, 6.45) is 0. The number of likely N-dealkylation sites (tertiary alicyclic amines) is 1. The molecule has 0 unspecified atom stereocenters. The van der Waals surface area contributed by atoms with Gasteiger partial charge < -0.3 is 0 Å². The minimum Gasteiger partial charge on any atom is -0.297 e. The predicted octanol–water partition coefficient (Wildman–Crippen LogP) is 1.63. The number of hydrogen-bond donors (Lipinski definition) is 0. The van der Waals surface area contributed by atoms with Crippen LogP contribution in [0, 0.1) is 16.7 Å². The van der Waals surface area contributed by atoms with Gasteiger partial charge in [-0.1, -0.05) is 13.8 Å². The summed E-state index contributed by atoms with van der Waals surface area (Å²) in [6.45, 7) is 10.5. The Balaban J connectivity index is 3.02. The lowest BCUT2D eigenvalue weighted by molar-refractivity contribution is -0.145. The molecule has 1 aliphatic rings. The van der Waals surface area contributed by atoms with Gasteiger partial charge in [0.25, 0.3) is 0 Å². The maximum absolute atomic E-state index is 12.2. The Morgan fingerprint density at radius 3 is 1.71 bits per heavy atom. The van der Waals surface area contributed by atoms with E-state index in [9.17, 15) is 14.4 Å². The highest BCUT2D eigenvalue weighted by molar-refractivity contribution is 6.10. The van der Waals surface area contributed by atoms with E-state index < -0.39 is 10.8 Å². The molecule has 4 nitrogen and oxygen atoms in total. The summed E-state index contributed by atoms with van der Waals surface area (Å²) in [5.41, 5.74) is -1.50. The highest BCUT2D eigenvalue weighted by Gasteiger charge is 2.59. The molecule has 0 bridgehead atoms. The summed E-state index contributed by atoms with van der Waals surface area (Å²) in [6, 6.07) is 0. The second-order valence-electron chi connectivity index (χ2n) is 6.07. The van der Waals surface area contributed by atoms with Crippen molar-refractivity contribution >= 4 is 17.6 Å². The second kappa shape index (κ2) is 3.93. The van der Waals surface area contributed by atoms with Crippen molar-refractivity contribution in [3.8, 4) is 0 Å². The van der Waals surface area contributed by atoms with Crippen molar-refractivity contribution in [2.24, 2.45) is 16.7 Å². The Morgan fingerprint density at radius 1 is 1.06 bits per heavy atom. The van der Waals surface area contributed by atoms with E-state index >= 15 is 0 Å².